The third kappa shape index (κ3) is 6.33. The summed E-state index contributed by atoms with van der Waals surface area (Å²) in [5.74, 6) is -0.0915. The highest BCUT2D eigenvalue weighted by atomic mass is 19.1. The number of anilines is 2. The summed E-state index contributed by atoms with van der Waals surface area (Å²) in [4.78, 5) is 22.9. The fourth-order valence-corrected chi connectivity index (χ4v) is 3.63. The lowest BCUT2D eigenvalue weighted by Crippen LogP contribution is -2.38. The number of morpholine rings is 1. The first kappa shape index (κ1) is 22.8. The molecule has 3 heterocycles. The highest BCUT2D eigenvalue weighted by Crippen LogP contribution is 2.15. The van der Waals surface area contributed by atoms with Gasteiger partial charge in [-0.15, -0.1) is 0 Å². The van der Waals surface area contributed by atoms with Crippen LogP contribution in [0.25, 0.3) is 0 Å². The molecule has 1 amide bonds. The second kappa shape index (κ2) is 11.0. The molecular weight excluding hydrogens is 425 g/mol. The first-order valence-corrected chi connectivity index (χ1v) is 11.0. The number of amides is 1. The van der Waals surface area contributed by atoms with Crippen molar-refractivity contribution in [2.45, 2.75) is 19.4 Å². The molecule has 9 nitrogen and oxygen atoms in total. The largest absolute Gasteiger partial charge is 0.379 e. The molecule has 0 saturated carbocycles. The zero-order valence-electron chi connectivity index (χ0n) is 18.6. The number of benzene rings is 1. The van der Waals surface area contributed by atoms with Crippen LogP contribution in [0.5, 0.6) is 0 Å². The Kier molecular flexibility index (Phi) is 7.59. The molecule has 1 saturated heterocycles. The van der Waals surface area contributed by atoms with Crippen molar-refractivity contribution < 1.29 is 13.9 Å². The Labute approximate surface area is 192 Å². The summed E-state index contributed by atoms with van der Waals surface area (Å²) in [6, 6.07) is 4.39. The Hall–Kier alpha value is -3.37. The first-order chi connectivity index (χ1) is 16.1. The molecule has 1 aliphatic rings. The van der Waals surface area contributed by atoms with Crippen LogP contribution in [0.3, 0.4) is 0 Å². The maximum Gasteiger partial charge on any atom is 0.251 e. The summed E-state index contributed by atoms with van der Waals surface area (Å²) in [6.45, 7) is 5.23. The van der Waals surface area contributed by atoms with Crippen LogP contribution < -0.4 is 10.6 Å². The summed E-state index contributed by atoms with van der Waals surface area (Å²) in [7, 11) is 1.55. The van der Waals surface area contributed by atoms with E-state index in [0.29, 0.717) is 29.9 Å². The van der Waals surface area contributed by atoms with E-state index >= 15 is 0 Å². The number of nitrogens with zero attached hydrogens (tertiary/aromatic N) is 5. The van der Waals surface area contributed by atoms with E-state index in [1.807, 2.05) is 10.9 Å². The molecule has 0 spiro atoms. The molecule has 2 N–H and O–H groups in total. The van der Waals surface area contributed by atoms with Gasteiger partial charge in [-0.2, -0.15) is 5.10 Å². The number of carbonyl (C=O) groups is 1. The second-order valence-corrected chi connectivity index (χ2v) is 7.87. The summed E-state index contributed by atoms with van der Waals surface area (Å²) < 4.78 is 21.4. The molecule has 4 rings (SSSR count). The quantitative estimate of drug-likeness (QED) is 0.512. The normalized spacial score (nSPS) is 14.2. The fraction of sp³-hybridized carbons (Fsp3) is 0.391. The number of halogens is 1. The lowest BCUT2D eigenvalue weighted by molar-refractivity contribution is 0.0360. The zero-order valence-corrected chi connectivity index (χ0v) is 18.6. The topological polar surface area (TPSA) is 97.2 Å². The van der Waals surface area contributed by atoms with E-state index in [9.17, 15) is 9.18 Å². The fourth-order valence-electron chi connectivity index (χ4n) is 3.63. The van der Waals surface area contributed by atoms with Crippen LogP contribution >= 0.6 is 0 Å². The zero-order chi connectivity index (χ0) is 23.0. The standard InChI is InChI=1S/C23H28FN7O2/c1-25-22(32)19-4-5-21(24)18(12-19)3-2-17-13-26-23(27-14-17)29-20-15-28-31(16-20)7-6-30-8-10-33-11-9-30/h4-5,12-16H,2-3,6-11H2,1H3,(H,25,32)(H,26,27,29). The van der Waals surface area contributed by atoms with Gasteiger partial charge in [0.1, 0.15) is 5.82 Å². The van der Waals surface area contributed by atoms with Gasteiger partial charge in [-0.25, -0.2) is 14.4 Å². The lowest BCUT2D eigenvalue weighted by Gasteiger charge is -2.26. The molecule has 0 unspecified atom stereocenters. The summed E-state index contributed by atoms with van der Waals surface area (Å²) in [5, 5.41) is 10.1. The second-order valence-electron chi connectivity index (χ2n) is 7.87. The number of aryl methyl sites for hydroxylation is 2. The van der Waals surface area contributed by atoms with Gasteiger partial charge in [0.2, 0.25) is 5.95 Å². The third-order valence-electron chi connectivity index (χ3n) is 5.56. The van der Waals surface area contributed by atoms with Gasteiger partial charge in [0.25, 0.3) is 5.91 Å². The van der Waals surface area contributed by atoms with Crippen LogP contribution in [0.4, 0.5) is 16.0 Å². The average molecular weight is 454 g/mol. The van der Waals surface area contributed by atoms with E-state index in [1.165, 1.54) is 12.1 Å². The molecule has 3 aromatic rings. The minimum absolute atomic E-state index is 0.237. The highest BCUT2D eigenvalue weighted by Gasteiger charge is 2.11. The molecule has 0 atom stereocenters. The molecule has 174 valence electrons. The summed E-state index contributed by atoms with van der Waals surface area (Å²) >= 11 is 0. The van der Waals surface area contributed by atoms with Crippen molar-refractivity contribution in [1.82, 2.24) is 30.0 Å². The molecule has 0 radical (unpaired) electrons. The van der Waals surface area contributed by atoms with Crippen LogP contribution in [0.2, 0.25) is 0 Å². The van der Waals surface area contributed by atoms with Crippen LogP contribution in [0.15, 0.2) is 43.0 Å². The Morgan fingerprint density at radius 1 is 1.12 bits per heavy atom. The van der Waals surface area contributed by atoms with Crippen LogP contribution in [0.1, 0.15) is 21.5 Å². The van der Waals surface area contributed by atoms with Gasteiger partial charge in [0, 0.05) is 50.8 Å². The predicted molar refractivity (Wildman–Crippen MR) is 122 cm³/mol. The van der Waals surface area contributed by atoms with E-state index in [4.69, 9.17) is 4.74 Å². The Morgan fingerprint density at radius 3 is 2.67 bits per heavy atom. The van der Waals surface area contributed by atoms with E-state index in [0.717, 1.165) is 50.6 Å². The number of carbonyl (C=O) groups excluding carboxylic acids is 1. The minimum Gasteiger partial charge on any atom is -0.379 e. The van der Waals surface area contributed by atoms with E-state index < -0.39 is 0 Å². The van der Waals surface area contributed by atoms with Gasteiger partial charge >= 0.3 is 0 Å². The number of nitrogens with one attached hydrogen (secondary N) is 2. The van der Waals surface area contributed by atoms with Crippen molar-refractivity contribution in [2.24, 2.45) is 0 Å². The molecule has 0 aliphatic carbocycles. The molecule has 10 heteroatoms. The average Bonchev–Trinajstić information content (AvgIpc) is 3.30. The number of hydrogen-bond donors (Lipinski definition) is 2. The molecule has 1 fully saturated rings. The maximum absolute atomic E-state index is 14.1. The first-order valence-electron chi connectivity index (χ1n) is 11.0. The number of rotatable bonds is 9. The van der Waals surface area contributed by atoms with Crippen LogP contribution in [-0.2, 0) is 24.1 Å². The van der Waals surface area contributed by atoms with Crippen LogP contribution in [0, 0.1) is 5.82 Å². The number of hydrogen-bond acceptors (Lipinski definition) is 7. The Bertz CT molecular complexity index is 1060. The van der Waals surface area contributed by atoms with Crippen molar-refractivity contribution in [3.05, 3.63) is 65.5 Å². The van der Waals surface area contributed by atoms with E-state index in [-0.39, 0.29) is 11.7 Å². The molecule has 1 aromatic carbocycles. The molecule has 33 heavy (non-hydrogen) atoms. The van der Waals surface area contributed by atoms with Gasteiger partial charge in [0.05, 0.1) is 31.6 Å². The Balaban J connectivity index is 1.28. The molecule has 2 aromatic heterocycles. The number of aromatic nitrogens is 4. The van der Waals surface area contributed by atoms with Crippen molar-refractivity contribution >= 4 is 17.5 Å². The third-order valence-corrected chi connectivity index (χ3v) is 5.56. The van der Waals surface area contributed by atoms with Crippen molar-refractivity contribution in [3.63, 3.8) is 0 Å². The monoisotopic (exact) mass is 453 g/mol. The van der Waals surface area contributed by atoms with Crippen LogP contribution in [-0.4, -0.2) is 70.5 Å². The van der Waals surface area contributed by atoms with Gasteiger partial charge in [0.15, 0.2) is 0 Å². The number of ether oxygens (including phenoxy) is 1. The van der Waals surface area contributed by atoms with Crippen molar-refractivity contribution in [2.75, 3.05) is 45.2 Å². The van der Waals surface area contributed by atoms with Gasteiger partial charge in [-0.05, 0) is 42.2 Å². The lowest BCUT2D eigenvalue weighted by atomic mass is 10.0. The Morgan fingerprint density at radius 2 is 1.91 bits per heavy atom. The minimum atomic E-state index is -0.326. The smallest absolute Gasteiger partial charge is 0.251 e. The molecule has 0 bridgehead atoms. The van der Waals surface area contributed by atoms with Gasteiger partial charge in [-0.3, -0.25) is 14.4 Å². The summed E-state index contributed by atoms with van der Waals surface area (Å²) in [5.41, 5.74) is 2.63. The SMILES string of the molecule is CNC(=O)c1ccc(F)c(CCc2cnc(Nc3cnn(CCN4CCOCC4)c3)nc2)c1. The molecule has 1 aliphatic heterocycles. The van der Waals surface area contributed by atoms with E-state index in [2.05, 4.69) is 30.6 Å². The van der Waals surface area contributed by atoms with E-state index in [1.54, 1.807) is 31.7 Å². The highest BCUT2D eigenvalue weighted by molar-refractivity contribution is 5.94. The van der Waals surface area contributed by atoms with Crippen molar-refractivity contribution in [3.8, 4) is 0 Å². The summed E-state index contributed by atoms with van der Waals surface area (Å²) in [6.07, 6.45) is 8.13. The van der Waals surface area contributed by atoms with Crippen molar-refractivity contribution in [1.29, 1.82) is 0 Å². The molecular formula is C23H28FN7O2. The van der Waals surface area contributed by atoms with Gasteiger partial charge in [-0.1, -0.05) is 0 Å². The maximum atomic E-state index is 14.1. The van der Waals surface area contributed by atoms with Gasteiger partial charge < -0.3 is 15.4 Å². The predicted octanol–water partition coefficient (Wildman–Crippen LogP) is 2.03.